The van der Waals surface area contributed by atoms with Gasteiger partial charge in [0.1, 0.15) is 0 Å². The van der Waals surface area contributed by atoms with Crippen LogP contribution in [0.15, 0.2) is 33.8 Å². The van der Waals surface area contributed by atoms with Crippen LogP contribution in [-0.4, -0.2) is 11.6 Å². The smallest absolute Gasteiger partial charge is 0.240 e. The lowest BCUT2D eigenvalue weighted by atomic mass is 10.0. The molecule has 0 saturated carbocycles. The molecular weight excluding hydrogens is 244 g/mol. The van der Waals surface area contributed by atoms with Gasteiger partial charge in [0, 0.05) is 22.9 Å². The molecule has 72 valence electrons. The number of nitrogens with one attached hydrogen (secondary N) is 1. The van der Waals surface area contributed by atoms with Gasteiger partial charge in [-0.05, 0) is 6.07 Å². The van der Waals surface area contributed by atoms with E-state index in [0.29, 0.717) is 12.8 Å². The quantitative estimate of drug-likeness (QED) is 0.817. The molecule has 0 atom stereocenters. The van der Waals surface area contributed by atoms with Crippen molar-refractivity contribution >= 4 is 27.5 Å². The molecular formula is C10H9BrN2O. The maximum absolute atomic E-state index is 10.9. The number of hydrogen-bond acceptors (Lipinski definition) is 2. The van der Waals surface area contributed by atoms with E-state index in [0.717, 1.165) is 15.7 Å². The zero-order valence-electron chi connectivity index (χ0n) is 7.46. The molecule has 2 rings (SSSR count). The average Bonchev–Trinajstić information content (AvgIpc) is 2.20. The zero-order chi connectivity index (χ0) is 9.97. The third-order valence-electron chi connectivity index (χ3n) is 2.09. The number of hydrazone groups is 1. The molecule has 4 heteroatoms. The maximum atomic E-state index is 10.9. The van der Waals surface area contributed by atoms with Crippen LogP contribution in [0.25, 0.3) is 0 Å². The van der Waals surface area contributed by atoms with Crippen LogP contribution in [0.3, 0.4) is 0 Å². The molecule has 0 aromatic heterocycles. The number of carbonyl (C=O) groups excluding carboxylic acids is 1. The second-order valence-electron chi connectivity index (χ2n) is 3.07. The van der Waals surface area contributed by atoms with Gasteiger partial charge < -0.3 is 0 Å². The van der Waals surface area contributed by atoms with Crippen LogP contribution in [0.2, 0.25) is 0 Å². The van der Waals surface area contributed by atoms with Gasteiger partial charge in [0.25, 0.3) is 0 Å². The van der Waals surface area contributed by atoms with Crippen LogP contribution < -0.4 is 5.43 Å². The average molecular weight is 253 g/mol. The van der Waals surface area contributed by atoms with Crippen LogP contribution in [0, 0.1) is 0 Å². The van der Waals surface area contributed by atoms with E-state index in [1.165, 1.54) is 0 Å². The SMILES string of the molecule is O=C1CCC(c2ccccc2Br)=NN1. The predicted molar refractivity (Wildman–Crippen MR) is 58.1 cm³/mol. The fourth-order valence-corrected chi connectivity index (χ4v) is 1.88. The van der Waals surface area contributed by atoms with E-state index in [1.807, 2.05) is 24.3 Å². The highest BCUT2D eigenvalue weighted by molar-refractivity contribution is 9.10. The standard InChI is InChI=1S/C10H9BrN2O/c11-8-4-2-1-3-7(8)9-5-6-10(14)13-12-9/h1-4H,5-6H2,(H,13,14). The molecule has 0 bridgehead atoms. The van der Waals surface area contributed by atoms with Crippen molar-refractivity contribution in [2.24, 2.45) is 5.10 Å². The lowest BCUT2D eigenvalue weighted by molar-refractivity contribution is -0.121. The van der Waals surface area contributed by atoms with Crippen molar-refractivity contribution in [3.05, 3.63) is 34.3 Å². The first-order chi connectivity index (χ1) is 6.77. The van der Waals surface area contributed by atoms with Crippen LogP contribution in [0.1, 0.15) is 18.4 Å². The lowest BCUT2D eigenvalue weighted by Crippen LogP contribution is -2.26. The summed E-state index contributed by atoms with van der Waals surface area (Å²) in [5, 5.41) is 4.03. The van der Waals surface area contributed by atoms with E-state index in [9.17, 15) is 4.79 Å². The summed E-state index contributed by atoms with van der Waals surface area (Å²) in [4.78, 5) is 10.9. The Morgan fingerprint density at radius 3 is 2.71 bits per heavy atom. The molecule has 1 aromatic carbocycles. The summed E-state index contributed by atoms with van der Waals surface area (Å²) in [6, 6.07) is 7.86. The summed E-state index contributed by atoms with van der Waals surface area (Å²) in [6.45, 7) is 0. The van der Waals surface area contributed by atoms with Crippen LogP contribution in [-0.2, 0) is 4.79 Å². The van der Waals surface area contributed by atoms with E-state index in [1.54, 1.807) is 0 Å². The normalized spacial score (nSPS) is 16.1. The number of rotatable bonds is 1. The highest BCUT2D eigenvalue weighted by atomic mass is 79.9. The van der Waals surface area contributed by atoms with Gasteiger partial charge in [0.2, 0.25) is 5.91 Å². The van der Waals surface area contributed by atoms with Crippen molar-refractivity contribution in [1.82, 2.24) is 5.43 Å². The van der Waals surface area contributed by atoms with Gasteiger partial charge in [-0.3, -0.25) is 4.79 Å². The minimum atomic E-state index is -0.0131. The molecule has 0 radical (unpaired) electrons. The van der Waals surface area contributed by atoms with Gasteiger partial charge in [-0.15, -0.1) is 0 Å². The second-order valence-corrected chi connectivity index (χ2v) is 3.93. The Balaban J connectivity index is 2.32. The number of hydrogen-bond donors (Lipinski definition) is 1. The minimum absolute atomic E-state index is 0.0131. The monoisotopic (exact) mass is 252 g/mol. The van der Waals surface area contributed by atoms with E-state index in [-0.39, 0.29) is 5.91 Å². The Morgan fingerprint density at radius 2 is 2.07 bits per heavy atom. The summed E-state index contributed by atoms with van der Waals surface area (Å²) in [5.74, 6) is -0.0131. The Kier molecular flexibility index (Phi) is 2.63. The topological polar surface area (TPSA) is 41.5 Å². The molecule has 1 aliphatic rings. The largest absolute Gasteiger partial charge is 0.273 e. The second kappa shape index (κ2) is 3.92. The Morgan fingerprint density at radius 1 is 1.29 bits per heavy atom. The summed E-state index contributed by atoms with van der Waals surface area (Å²) in [5.41, 5.74) is 4.46. The van der Waals surface area contributed by atoms with E-state index >= 15 is 0 Å². The maximum Gasteiger partial charge on any atom is 0.240 e. The Hall–Kier alpha value is -1.16. The van der Waals surface area contributed by atoms with Crippen molar-refractivity contribution in [3.8, 4) is 0 Å². The number of carbonyl (C=O) groups is 1. The molecule has 1 aliphatic heterocycles. The highest BCUT2D eigenvalue weighted by Crippen LogP contribution is 2.19. The van der Waals surface area contributed by atoms with Gasteiger partial charge in [0.15, 0.2) is 0 Å². The molecule has 1 amide bonds. The molecule has 3 nitrogen and oxygen atoms in total. The molecule has 0 spiro atoms. The van der Waals surface area contributed by atoms with Crippen molar-refractivity contribution < 1.29 is 4.79 Å². The third kappa shape index (κ3) is 1.85. The number of nitrogens with zero attached hydrogens (tertiary/aromatic N) is 1. The zero-order valence-corrected chi connectivity index (χ0v) is 9.04. The van der Waals surface area contributed by atoms with Crippen molar-refractivity contribution in [2.45, 2.75) is 12.8 Å². The summed E-state index contributed by atoms with van der Waals surface area (Å²) in [7, 11) is 0. The first-order valence-electron chi connectivity index (χ1n) is 4.37. The molecule has 1 N–H and O–H groups in total. The van der Waals surface area contributed by atoms with Gasteiger partial charge in [-0.25, -0.2) is 5.43 Å². The lowest BCUT2D eigenvalue weighted by Gasteiger charge is -2.12. The molecule has 14 heavy (non-hydrogen) atoms. The first kappa shape index (κ1) is 9.40. The molecule has 0 fully saturated rings. The van der Waals surface area contributed by atoms with Gasteiger partial charge >= 0.3 is 0 Å². The van der Waals surface area contributed by atoms with Crippen LogP contribution in [0.4, 0.5) is 0 Å². The molecule has 1 heterocycles. The Bertz CT molecular complexity index is 401. The van der Waals surface area contributed by atoms with Crippen molar-refractivity contribution in [1.29, 1.82) is 0 Å². The molecule has 0 aliphatic carbocycles. The van der Waals surface area contributed by atoms with Gasteiger partial charge in [0.05, 0.1) is 5.71 Å². The molecule has 0 unspecified atom stereocenters. The minimum Gasteiger partial charge on any atom is -0.273 e. The Labute approximate surface area is 90.3 Å². The fourth-order valence-electron chi connectivity index (χ4n) is 1.36. The number of benzene rings is 1. The fraction of sp³-hybridized carbons (Fsp3) is 0.200. The van der Waals surface area contributed by atoms with Crippen LogP contribution in [0.5, 0.6) is 0 Å². The highest BCUT2D eigenvalue weighted by Gasteiger charge is 2.14. The molecule has 0 saturated heterocycles. The summed E-state index contributed by atoms with van der Waals surface area (Å²) in [6.07, 6.45) is 1.22. The van der Waals surface area contributed by atoms with Gasteiger partial charge in [-0.2, -0.15) is 5.10 Å². The third-order valence-corrected chi connectivity index (χ3v) is 2.78. The number of amides is 1. The van der Waals surface area contributed by atoms with Crippen molar-refractivity contribution in [2.75, 3.05) is 0 Å². The first-order valence-corrected chi connectivity index (χ1v) is 5.17. The summed E-state index contributed by atoms with van der Waals surface area (Å²) < 4.78 is 1.01. The van der Waals surface area contributed by atoms with Gasteiger partial charge in [-0.1, -0.05) is 34.1 Å². The van der Waals surface area contributed by atoms with Crippen molar-refractivity contribution in [3.63, 3.8) is 0 Å². The number of halogens is 1. The van der Waals surface area contributed by atoms with E-state index < -0.39 is 0 Å². The van der Waals surface area contributed by atoms with E-state index in [4.69, 9.17) is 0 Å². The van der Waals surface area contributed by atoms with E-state index in [2.05, 4.69) is 26.5 Å². The predicted octanol–water partition coefficient (Wildman–Crippen LogP) is 2.06. The summed E-state index contributed by atoms with van der Waals surface area (Å²) >= 11 is 3.45. The van der Waals surface area contributed by atoms with Crippen LogP contribution >= 0.6 is 15.9 Å². The molecule has 1 aromatic rings.